The van der Waals surface area contributed by atoms with Gasteiger partial charge >= 0.3 is 5.97 Å². The van der Waals surface area contributed by atoms with Gasteiger partial charge < -0.3 is 9.84 Å². The van der Waals surface area contributed by atoms with Gasteiger partial charge in [-0.05, 0) is 44.5 Å². The van der Waals surface area contributed by atoms with Crippen molar-refractivity contribution in [3.63, 3.8) is 0 Å². The van der Waals surface area contributed by atoms with Gasteiger partial charge in [0.25, 0.3) is 0 Å². The number of ether oxygens (including phenoxy) is 1. The number of thioether (sulfide) groups is 1. The molecule has 0 saturated carbocycles. The van der Waals surface area contributed by atoms with Crippen LogP contribution in [0.2, 0.25) is 0 Å². The maximum Gasteiger partial charge on any atom is 0.335 e. The van der Waals surface area contributed by atoms with Crippen molar-refractivity contribution in [2.45, 2.75) is 13.0 Å². The second kappa shape index (κ2) is 8.07. The van der Waals surface area contributed by atoms with Crippen LogP contribution < -0.4 is 4.74 Å². The number of likely N-dealkylation sites (N-methyl/N-ethyl adjacent to an activating group) is 1. The van der Waals surface area contributed by atoms with Crippen LogP contribution in [0.3, 0.4) is 0 Å². The Balaban J connectivity index is 2.34. The van der Waals surface area contributed by atoms with Gasteiger partial charge in [0.05, 0.1) is 5.56 Å². The van der Waals surface area contributed by atoms with E-state index in [1.807, 2.05) is 11.8 Å². The molecule has 0 spiro atoms. The van der Waals surface area contributed by atoms with E-state index in [0.717, 1.165) is 12.3 Å². The maximum atomic E-state index is 10.7. The third kappa shape index (κ3) is 5.53. The molecule has 1 unspecified atom stereocenters. The van der Waals surface area contributed by atoms with Gasteiger partial charge in [0, 0.05) is 18.3 Å². The van der Waals surface area contributed by atoms with Crippen molar-refractivity contribution < 1.29 is 14.6 Å². The Labute approximate surface area is 118 Å². The van der Waals surface area contributed by atoms with Crippen molar-refractivity contribution in [2.75, 3.05) is 32.2 Å². The van der Waals surface area contributed by atoms with Gasteiger partial charge in [-0.2, -0.15) is 11.8 Å². The van der Waals surface area contributed by atoms with E-state index in [1.54, 1.807) is 24.3 Å². The fourth-order valence-electron chi connectivity index (χ4n) is 1.59. The van der Waals surface area contributed by atoms with Crippen LogP contribution >= 0.6 is 11.8 Å². The molecule has 0 saturated heterocycles. The summed E-state index contributed by atoms with van der Waals surface area (Å²) in [6.45, 7) is 3.64. The second-order valence-corrected chi connectivity index (χ2v) is 5.37. The summed E-state index contributed by atoms with van der Waals surface area (Å²) in [5.41, 5.74) is 0.276. The standard InChI is InChI=1S/C14H21NO3S/c1-11(10-19-3)15(2)8-9-18-13-6-4-12(5-7-13)14(16)17/h4-7,11H,8-10H2,1-3H3,(H,16,17). The summed E-state index contributed by atoms with van der Waals surface area (Å²) in [5, 5.41) is 8.79. The second-order valence-electron chi connectivity index (χ2n) is 4.46. The molecule has 0 fully saturated rings. The lowest BCUT2D eigenvalue weighted by Crippen LogP contribution is -2.34. The molecule has 0 bridgehead atoms. The predicted octanol–water partition coefficient (Wildman–Crippen LogP) is 2.45. The average molecular weight is 283 g/mol. The van der Waals surface area contributed by atoms with Crippen LogP contribution in [0.5, 0.6) is 5.75 Å². The SMILES string of the molecule is CSCC(C)N(C)CCOc1ccc(C(=O)O)cc1. The number of nitrogens with zero attached hydrogens (tertiary/aromatic N) is 1. The zero-order valence-corrected chi connectivity index (χ0v) is 12.4. The molecule has 0 amide bonds. The fourth-order valence-corrected chi connectivity index (χ4v) is 2.33. The van der Waals surface area contributed by atoms with Crippen LogP contribution in [0.4, 0.5) is 0 Å². The van der Waals surface area contributed by atoms with Crippen LogP contribution in [0.1, 0.15) is 17.3 Å². The molecule has 4 nitrogen and oxygen atoms in total. The van der Waals surface area contributed by atoms with Crippen molar-refractivity contribution in [3.8, 4) is 5.75 Å². The zero-order valence-electron chi connectivity index (χ0n) is 11.6. The topological polar surface area (TPSA) is 49.8 Å². The highest BCUT2D eigenvalue weighted by atomic mass is 32.2. The van der Waals surface area contributed by atoms with E-state index in [2.05, 4.69) is 25.1 Å². The highest BCUT2D eigenvalue weighted by molar-refractivity contribution is 7.98. The summed E-state index contributed by atoms with van der Waals surface area (Å²) in [7, 11) is 2.08. The lowest BCUT2D eigenvalue weighted by molar-refractivity contribution is 0.0697. The largest absolute Gasteiger partial charge is 0.492 e. The van der Waals surface area contributed by atoms with E-state index in [0.29, 0.717) is 18.4 Å². The number of rotatable bonds is 8. The van der Waals surface area contributed by atoms with E-state index in [1.165, 1.54) is 0 Å². The molecule has 0 heterocycles. The minimum atomic E-state index is -0.919. The number of hydrogen-bond donors (Lipinski definition) is 1. The molecule has 0 aromatic heterocycles. The molecule has 1 aromatic carbocycles. The Morgan fingerprint density at radius 2 is 2.05 bits per heavy atom. The number of aromatic carboxylic acids is 1. The third-order valence-corrected chi connectivity index (χ3v) is 3.79. The first kappa shape index (κ1) is 15.9. The molecule has 1 atom stereocenters. The molecule has 0 aliphatic carbocycles. The summed E-state index contributed by atoms with van der Waals surface area (Å²) >= 11 is 1.83. The van der Waals surface area contributed by atoms with E-state index >= 15 is 0 Å². The minimum Gasteiger partial charge on any atom is -0.492 e. The summed E-state index contributed by atoms with van der Waals surface area (Å²) in [4.78, 5) is 13.0. The number of benzene rings is 1. The molecule has 1 rings (SSSR count). The van der Waals surface area contributed by atoms with Gasteiger partial charge in [0.2, 0.25) is 0 Å². The summed E-state index contributed by atoms with van der Waals surface area (Å²) in [6, 6.07) is 7.01. The lowest BCUT2D eigenvalue weighted by Gasteiger charge is -2.23. The predicted molar refractivity (Wildman–Crippen MR) is 79.4 cm³/mol. The Kier molecular flexibility index (Phi) is 6.73. The van der Waals surface area contributed by atoms with Crippen molar-refractivity contribution in [1.82, 2.24) is 4.90 Å². The van der Waals surface area contributed by atoms with Crippen molar-refractivity contribution in [2.24, 2.45) is 0 Å². The van der Waals surface area contributed by atoms with Gasteiger partial charge in [-0.15, -0.1) is 0 Å². The smallest absolute Gasteiger partial charge is 0.335 e. The maximum absolute atomic E-state index is 10.7. The number of carboxylic acids is 1. The highest BCUT2D eigenvalue weighted by Gasteiger charge is 2.08. The van der Waals surface area contributed by atoms with E-state index in [-0.39, 0.29) is 5.56 Å². The molecule has 5 heteroatoms. The summed E-state index contributed by atoms with van der Waals surface area (Å²) in [5.74, 6) is 0.886. The number of hydrogen-bond acceptors (Lipinski definition) is 4. The van der Waals surface area contributed by atoms with Gasteiger partial charge in [0.15, 0.2) is 0 Å². The number of carbonyl (C=O) groups is 1. The van der Waals surface area contributed by atoms with Gasteiger partial charge in [-0.1, -0.05) is 0 Å². The average Bonchev–Trinajstić information content (AvgIpc) is 2.39. The van der Waals surface area contributed by atoms with Crippen LogP contribution in [0, 0.1) is 0 Å². The van der Waals surface area contributed by atoms with E-state index in [9.17, 15) is 4.79 Å². The first-order valence-electron chi connectivity index (χ1n) is 6.20. The monoisotopic (exact) mass is 283 g/mol. The zero-order chi connectivity index (χ0) is 14.3. The third-order valence-electron chi connectivity index (χ3n) is 2.97. The van der Waals surface area contributed by atoms with Crippen LogP contribution in [-0.2, 0) is 0 Å². The number of carboxylic acid groups (broad SMARTS) is 1. The van der Waals surface area contributed by atoms with E-state index in [4.69, 9.17) is 9.84 Å². The summed E-state index contributed by atoms with van der Waals surface area (Å²) in [6.07, 6.45) is 2.10. The molecule has 0 aliphatic rings. The Bertz CT molecular complexity index is 394. The molecule has 0 radical (unpaired) electrons. The van der Waals surface area contributed by atoms with Gasteiger partial charge in [-0.3, -0.25) is 4.90 Å². The van der Waals surface area contributed by atoms with Crippen molar-refractivity contribution in [1.29, 1.82) is 0 Å². The van der Waals surface area contributed by atoms with Crippen molar-refractivity contribution in [3.05, 3.63) is 29.8 Å². The normalized spacial score (nSPS) is 12.4. The van der Waals surface area contributed by atoms with Gasteiger partial charge in [-0.25, -0.2) is 4.79 Å². The lowest BCUT2D eigenvalue weighted by atomic mass is 10.2. The van der Waals surface area contributed by atoms with Crippen molar-refractivity contribution >= 4 is 17.7 Å². The van der Waals surface area contributed by atoms with Crippen LogP contribution in [0.15, 0.2) is 24.3 Å². The Hall–Kier alpha value is -1.20. The van der Waals surface area contributed by atoms with E-state index < -0.39 is 5.97 Å². The van der Waals surface area contributed by atoms with Gasteiger partial charge in [0.1, 0.15) is 12.4 Å². The Morgan fingerprint density at radius 3 is 2.58 bits per heavy atom. The van der Waals surface area contributed by atoms with Crippen LogP contribution in [0.25, 0.3) is 0 Å². The summed E-state index contributed by atoms with van der Waals surface area (Å²) < 4.78 is 5.60. The minimum absolute atomic E-state index is 0.276. The molecule has 1 N–H and O–H groups in total. The fraction of sp³-hybridized carbons (Fsp3) is 0.500. The quantitative estimate of drug-likeness (QED) is 0.794. The molecule has 106 valence electrons. The molecule has 1 aromatic rings. The highest BCUT2D eigenvalue weighted by Crippen LogP contribution is 2.12. The molecule has 0 aliphatic heterocycles. The van der Waals surface area contributed by atoms with Crippen LogP contribution in [-0.4, -0.2) is 54.2 Å². The molecule has 19 heavy (non-hydrogen) atoms. The molecular weight excluding hydrogens is 262 g/mol. The first-order valence-corrected chi connectivity index (χ1v) is 7.59. The first-order chi connectivity index (χ1) is 9.04. The molecular formula is C14H21NO3S. The Morgan fingerprint density at radius 1 is 1.42 bits per heavy atom.